The molecule has 2 unspecified atom stereocenters. The molecule has 7 heteroatoms. The number of hydrogen-bond donors (Lipinski definition) is 3. The highest BCUT2D eigenvalue weighted by Crippen LogP contribution is 2.17. The zero-order chi connectivity index (χ0) is 18.9. The van der Waals surface area contributed by atoms with Gasteiger partial charge in [-0.1, -0.05) is 39.2 Å². The third kappa shape index (κ3) is 7.87. The summed E-state index contributed by atoms with van der Waals surface area (Å²) in [5.74, 6) is -0.106. The predicted octanol–water partition coefficient (Wildman–Crippen LogP) is 3.23. The van der Waals surface area contributed by atoms with E-state index >= 15 is 0 Å². The van der Waals surface area contributed by atoms with Crippen molar-refractivity contribution < 1.29 is 9.59 Å². The second kappa shape index (κ2) is 12.0. The van der Waals surface area contributed by atoms with E-state index in [4.69, 9.17) is 5.73 Å². The van der Waals surface area contributed by atoms with Crippen LogP contribution in [-0.2, 0) is 9.59 Å². The molecule has 1 fully saturated rings. The second-order valence-corrected chi connectivity index (χ2v) is 7.22. The zero-order valence-corrected chi connectivity index (χ0v) is 17.2. The minimum atomic E-state index is -0.540. The molecule has 1 heterocycles. The first-order chi connectivity index (χ1) is 12.5. The molecule has 0 spiro atoms. The zero-order valence-electron chi connectivity index (χ0n) is 16.4. The lowest BCUT2D eigenvalue weighted by Gasteiger charge is -2.19. The summed E-state index contributed by atoms with van der Waals surface area (Å²) in [7, 11) is 0. The summed E-state index contributed by atoms with van der Waals surface area (Å²) in [5, 5.41) is 5.76. The fourth-order valence-corrected chi connectivity index (χ4v) is 3.11. The number of carbonyl (C=O) groups excluding carboxylic acids is 2. The molecule has 0 bridgehead atoms. The SMILES string of the molecule is CCC(C)C(N)C(=O)Nc1cccc(NC(=O)CN2CCCCCC2)c1.Cl. The van der Waals surface area contributed by atoms with Crippen molar-refractivity contribution in [1.29, 1.82) is 0 Å². The van der Waals surface area contributed by atoms with Crippen molar-refractivity contribution in [3.8, 4) is 0 Å². The van der Waals surface area contributed by atoms with Gasteiger partial charge >= 0.3 is 0 Å². The Bertz CT molecular complexity index is 603. The van der Waals surface area contributed by atoms with Gasteiger partial charge in [-0.15, -0.1) is 12.4 Å². The van der Waals surface area contributed by atoms with Crippen LogP contribution in [0.4, 0.5) is 11.4 Å². The van der Waals surface area contributed by atoms with Crippen molar-refractivity contribution in [1.82, 2.24) is 4.90 Å². The van der Waals surface area contributed by atoms with Crippen LogP contribution in [0.2, 0.25) is 0 Å². The Hall–Kier alpha value is -1.63. The highest BCUT2D eigenvalue weighted by molar-refractivity contribution is 5.96. The number of hydrogen-bond acceptors (Lipinski definition) is 4. The van der Waals surface area contributed by atoms with Crippen LogP contribution in [0.5, 0.6) is 0 Å². The predicted molar refractivity (Wildman–Crippen MR) is 113 cm³/mol. The molecule has 152 valence electrons. The Labute approximate surface area is 168 Å². The molecule has 4 N–H and O–H groups in total. The molecule has 2 amide bonds. The van der Waals surface area contributed by atoms with Gasteiger partial charge in [-0.05, 0) is 50.0 Å². The van der Waals surface area contributed by atoms with Gasteiger partial charge in [0.25, 0.3) is 0 Å². The van der Waals surface area contributed by atoms with Gasteiger partial charge in [0.15, 0.2) is 0 Å². The fourth-order valence-electron chi connectivity index (χ4n) is 3.11. The number of halogens is 1. The maximum Gasteiger partial charge on any atom is 0.241 e. The highest BCUT2D eigenvalue weighted by atomic mass is 35.5. The summed E-state index contributed by atoms with van der Waals surface area (Å²) >= 11 is 0. The maximum atomic E-state index is 12.3. The van der Waals surface area contributed by atoms with Crippen LogP contribution in [0.3, 0.4) is 0 Å². The molecule has 27 heavy (non-hydrogen) atoms. The molecule has 0 saturated carbocycles. The van der Waals surface area contributed by atoms with E-state index in [1.165, 1.54) is 12.8 Å². The molecule has 6 nitrogen and oxygen atoms in total. The minimum absolute atomic E-state index is 0. The lowest BCUT2D eigenvalue weighted by atomic mass is 9.99. The first-order valence-electron chi connectivity index (χ1n) is 9.68. The van der Waals surface area contributed by atoms with Crippen LogP contribution in [0.1, 0.15) is 46.0 Å². The summed E-state index contributed by atoms with van der Waals surface area (Å²) in [6.45, 7) is 6.35. The Morgan fingerprint density at radius 3 is 2.30 bits per heavy atom. The molecular weight excluding hydrogens is 364 g/mol. The Morgan fingerprint density at radius 2 is 1.70 bits per heavy atom. The number of likely N-dealkylation sites (tertiary alicyclic amines) is 1. The molecule has 2 rings (SSSR count). The molecule has 1 aliphatic rings. The molecule has 0 aliphatic carbocycles. The highest BCUT2D eigenvalue weighted by Gasteiger charge is 2.19. The van der Waals surface area contributed by atoms with Crippen LogP contribution in [0.25, 0.3) is 0 Å². The summed E-state index contributed by atoms with van der Waals surface area (Å²) in [4.78, 5) is 26.7. The van der Waals surface area contributed by atoms with Crippen molar-refractivity contribution in [2.45, 2.75) is 52.0 Å². The van der Waals surface area contributed by atoms with E-state index in [9.17, 15) is 9.59 Å². The van der Waals surface area contributed by atoms with Gasteiger partial charge in [0.2, 0.25) is 11.8 Å². The summed E-state index contributed by atoms with van der Waals surface area (Å²) < 4.78 is 0. The van der Waals surface area contributed by atoms with E-state index in [2.05, 4.69) is 15.5 Å². The fraction of sp³-hybridized carbons (Fsp3) is 0.600. The van der Waals surface area contributed by atoms with Gasteiger partial charge < -0.3 is 16.4 Å². The number of amides is 2. The average Bonchev–Trinajstić information content (AvgIpc) is 2.89. The van der Waals surface area contributed by atoms with Crippen molar-refractivity contribution in [3.63, 3.8) is 0 Å². The van der Waals surface area contributed by atoms with E-state index in [0.29, 0.717) is 17.9 Å². The summed E-state index contributed by atoms with van der Waals surface area (Å²) in [6.07, 6.45) is 5.66. The molecule has 0 radical (unpaired) electrons. The lowest BCUT2D eigenvalue weighted by Crippen LogP contribution is -2.40. The summed E-state index contributed by atoms with van der Waals surface area (Å²) in [6, 6.07) is 6.66. The third-order valence-electron chi connectivity index (χ3n) is 5.04. The van der Waals surface area contributed by atoms with Crippen LogP contribution < -0.4 is 16.4 Å². The van der Waals surface area contributed by atoms with E-state index < -0.39 is 6.04 Å². The first-order valence-corrected chi connectivity index (χ1v) is 9.68. The number of benzene rings is 1. The number of carbonyl (C=O) groups is 2. The van der Waals surface area contributed by atoms with Crippen LogP contribution in [0.15, 0.2) is 24.3 Å². The molecule has 1 aromatic rings. The minimum Gasteiger partial charge on any atom is -0.325 e. The molecule has 2 atom stereocenters. The average molecular weight is 397 g/mol. The maximum absolute atomic E-state index is 12.3. The standard InChI is InChI=1S/C20H32N4O2.ClH/c1-3-15(2)19(21)20(26)23-17-10-8-9-16(13-17)22-18(25)14-24-11-6-4-5-7-12-24;/h8-10,13,15,19H,3-7,11-12,14,21H2,1-2H3,(H,22,25)(H,23,26);1H. The number of nitrogens with one attached hydrogen (secondary N) is 2. The monoisotopic (exact) mass is 396 g/mol. The van der Waals surface area contributed by atoms with E-state index in [1.54, 1.807) is 12.1 Å². The molecule has 1 saturated heterocycles. The van der Waals surface area contributed by atoms with Gasteiger partial charge in [-0.2, -0.15) is 0 Å². The molecule has 1 aromatic carbocycles. The second-order valence-electron chi connectivity index (χ2n) is 7.22. The third-order valence-corrected chi connectivity index (χ3v) is 5.04. The Kier molecular flexibility index (Phi) is 10.4. The normalized spacial score (nSPS) is 17.1. The Morgan fingerprint density at radius 1 is 1.11 bits per heavy atom. The molecule has 0 aromatic heterocycles. The van der Waals surface area contributed by atoms with E-state index in [1.807, 2.05) is 26.0 Å². The number of nitrogens with zero attached hydrogens (tertiary/aromatic N) is 1. The quantitative estimate of drug-likeness (QED) is 0.660. The Balaban J connectivity index is 0.00000364. The summed E-state index contributed by atoms with van der Waals surface area (Å²) in [5.41, 5.74) is 7.29. The van der Waals surface area contributed by atoms with Crippen LogP contribution in [-0.4, -0.2) is 42.4 Å². The van der Waals surface area contributed by atoms with Crippen molar-refractivity contribution in [2.75, 3.05) is 30.3 Å². The van der Waals surface area contributed by atoms with Crippen LogP contribution >= 0.6 is 12.4 Å². The largest absolute Gasteiger partial charge is 0.325 e. The number of anilines is 2. The van der Waals surface area contributed by atoms with E-state index in [0.717, 1.165) is 32.4 Å². The van der Waals surface area contributed by atoms with Crippen LogP contribution in [0, 0.1) is 5.92 Å². The lowest BCUT2D eigenvalue weighted by molar-refractivity contribution is -0.118. The smallest absolute Gasteiger partial charge is 0.241 e. The van der Waals surface area contributed by atoms with Gasteiger partial charge in [0.1, 0.15) is 0 Å². The van der Waals surface area contributed by atoms with Gasteiger partial charge in [-0.3, -0.25) is 14.5 Å². The first kappa shape index (κ1) is 23.4. The number of nitrogens with two attached hydrogens (primary N) is 1. The van der Waals surface area contributed by atoms with Gasteiger partial charge in [-0.25, -0.2) is 0 Å². The van der Waals surface area contributed by atoms with Crippen molar-refractivity contribution in [2.24, 2.45) is 11.7 Å². The van der Waals surface area contributed by atoms with E-state index in [-0.39, 0.29) is 30.1 Å². The molecule has 1 aliphatic heterocycles. The van der Waals surface area contributed by atoms with Crippen molar-refractivity contribution >= 4 is 35.6 Å². The van der Waals surface area contributed by atoms with Crippen molar-refractivity contribution in [3.05, 3.63) is 24.3 Å². The number of rotatable bonds is 7. The van der Waals surface area contributed by atoms with Gasteiger partial charge in [0, 0.05) is 11.4 Å². The molecular formula is C20H33ClN4O2. The van der Waals surface area contributed by atoms with Gasteiger partial charge in [0.05, 0.1) is 12.6 Å². The topological polar surface area (TPSA) is 87.5 Å².